The molecule has 0 spiro atoms. The predicted molar refractivity (Wildman–Crippen MR) is 55.4 cm³/mol. The van der Waals surface area contributed by atoms with Crippen molar-refractivity contribution in [2.24, 2.45) is 0 Å². The molecule has 2 atom stereocenters. The summed E-state index contributed by atoms with van der Waals surface area (Å²) < 4.78 is 0. The number of anilines is 1. The van der Waals surface area contributed by atoms with Crippen LogP contribution in [0.3, 0.4) is 0 Å². The van der Waals surface area contributed by atoms with Crippen LogP contribution in [-0.4, -0.2) is 51.6 Å². The number of rotatable bonds is 2. The van der Waals surface area contributed by atoms with Gasteiger partial charge in [0.25, 0.3) is 0 Å². The molecule has 6 heteroatoms. The lowest BCUT2D eigenvalue weighted by molar-refractivity contribution is 0.0572. The molecule has 6 nitrogen and oxygen atoms in total. The molecule has 0 aliphatic carbocycles. The Kier molecular flexibility index (Phi) is 2.76. The fourth-order valence-corrected chi connectivity index (χ4v) is 1.76. The number of aromatic carboxylic acids is 1. The molecule has 3 N–H and O–H groups in total. The number of carboxylic acid groups (broad SMARTS) is 1. The number of β-amino-alcohol motifs (C(OH)–C–C–N with tert-alkyl or cyclic N) is 2. The normalized spacial score (nSPS) is 24.8. The van der Waals surface area contributed by atoms with Crippen LogP contribution < -0.4 is 4.90 Å². The quantitative estimate of drug-likeness (QED) is 0.616. The fourth-order valence-electron chi connectivity index (χ4n) is 1.76. The van der Waals surface area contributed by atoms with Crippen LogP contribution in [-0.2, 0) is 0 Å². The van der Waals surface area contributed by atoms with E-state index in [2.05, 4.69) is 4.98 Å². The maximum atomic E-state index is 10.9. The lowest BCUT2D eigenvalue weighted by atomic mass is 10.2. The maximum absolute atomic E-state index is 10.9. The van der Waals surface area contributed by atoms with Crippen molar-refractivity contribution in [2.45, 2.75) is 12.2 Å². The summed E-state index contributed by atoms with van der Waals surface area (Å²) in [7, 11) is 0. The minimum Gasteiger partial charge on any atom is -0.478 e. The molecule has 2 rings (SSSR count). The zero-order chi connectivity index (χ0) is 11.7. The summed E-state index contributed by atoms with van der Waals surface area (Å²) in [4.78, 5) is 16.5. The summed E-state index contributed by atoms with van der Waals surface area (Å²) >= 11 is 0. The van der Waals surface area contributed by atoms with Crippen LogP contribution in [0.25, 0.3) is 0 Å². The number of hydrogen-bond donors (Lipinski definition) is 3. The third-order valence-corrected chi connectivity index (χ3v) is 2.58. The molecular weight excluding hydrogens is 212 g/mol. The van der Waals surface area contributed by atoms with E-state index >= 15 is 0 Å². The van der Waals surface area contributed by atoms with Gasteiger partial charge in [0.15, 0.2) is 0 Å². The Morgan fingerprint density at radius 3 is 2.56 bits per heavy atom. The molecule has 1 aliphatic heterocycles. The lowest BCUT2D eigenvalue weighted by Crippen LogP contribution is -2.24. The van der Waals surface area contributed by atoms with Crippen LogP contribution in [0.15, 0.2) is 18.3 Å². The molecule has 0 amide bonds. The molecule has 1 fully saturated rings. The second-order valence-corrected chi connectivity index (χ2v) is 3.72. The standard InChI is InChI=1S/C10H12N2O4/c13-7-4-12(5-8(7)14)9-6(10(15)16)2-1-3-11-9/h1-3,7-8,13-14H,4-5H2,(H,15,16). The first-order chi connectivity index (χ1) is 7.59. The van der Waals surface area contributed by atoms with Gasteiger partial charge in [0.05, 0.1) is 12.2 Å². The average molecular weight is 224 g/mol. The van der Waals surface area contributed by atoms with Gasteiger partial charge < -0.3 is 20.2 Å². The minimum atomic E-state index is -1.07. The first kappa shape index (κ1) is 10.8. The Morgan fingerprint density at radius 2 is 2.00 bits per heavy atom. The first-order valence-corrected chi connectivity index (χ1v) is 4.89. The summed E-state index contributed by atoms with van der Waals surface area (Å²) in [5.41, 5.74) is 0.0730. The zero-order valence-electron chi connectivity index (χ0n) is 8.45. The number of pyridine rings is 1. The zero-order valence-corrected chi connectivity index (χ0v) is 8.45. The molecule has 1 saturated heterocycles. The number of carbonyl (C=O) groups is 1. The highest BCUT2D eigenvalue weighted by molar-refractivity contribution is 5.93. The number of aliphatic hydroxyl groups excluding tert-OH is 2. The summed E-state index contributed by atoms with van der Waals surface area (Å²) in [5.74, 6) is -0.787. The van der Waals surface area contributed by atoms with E-state index in [1.165, 1.54) is 18.3 Å². The number of aromatic nitrogens is 1. The van der Waals surface area contributed by atoms with Gasteiger partial charge in [-0.05, 0) is 12.1 Å². The molecule has 1 aromatic heterocycles. The highest BCUT2D eigenvalue weighted by Gasteiger charge is 2.32. The van der Waals surface area contributed by atoms with Crippen LogP contribution in [0, 0.1) is 0 Å². The van der Waals surface area contributed by atoms with Crippen molar-refractivity contribution < 1.29 is 20.1 Å². The number of aliphatic hydroxyl groups is 2. The fraction of sp³-hybridized carbons (Fsp3) is 0.400. The van der Waals surface area contributed by atoms with Crippen molar-refractivity contribution in [2.75, 3.05) is 18.0 Å². The first-order valence-electron chi connectivity index (χ1n) is 4.89. The Bertz CT molecular complexity index is 400. The maximum Gasteiger partial charge on any atom is 0.339 e. The second kappa shape index (κ2) is 4.07. The number of nitrogens with zero attached hydrogens (tertiary/aromatic N) is 2. The van der Waals surface area contributed by atoms with E-state index in [1.54, 1.807) is 4.90 Å². The molecule has 86 valence electrons. The van der Waals surface area contributed by atoms with E-state index in [0.29, 0.717) is 0 Å². The van der Waals surface area contributed by atoms with Crippen LogP contribution in [0.5, 0.6) is 0 Å². The molecule has 0 radical (unpaired) electrons. The molecule has 16 heavy (non-hydrogen) atoms. The van der Waals surface area contributed by atoms with Gasteiger partial charge in [-0.15, -0.1) is 0 Å². The lowest BCUT2D eigenvalue weighted by Gasteiger charge is -2.17. The molecular formula is C10H12N2O4. The van der Waals surface area contributed by atoms with E-state index in [0.717, 1.165) is 0 Å². The highest BCUT2D eigenvalue weighted by Crippen LogP contribution is 2.22. The van der Waals surface area contributed by atoms with E-state index < -0.39 is 18.2 Å². The third kappa shape index (κ3) is 1.84. The van der Waals surface area contributed by atoms with Crippen molar-refractivity contribution in [3.05, 3.63) is 23.9 Å². The van der Waals surface area contributed by atoms with E-state index in [4.69, 9.17) is 5.11 Å². The molecule has 0 aromatic carbocycles. The molecule has 0 bridgehead atoms. The van der Waals surface area contributed by atoms with Crippen molar-refractivity contribution in [3.63, 3.8) is 0 Å². The number of hydrogen-bond acceptors (Lipinski definition) is 5. The van der Waals surface area contributed by atoms with Crippen LogP contribution in [0.1, 0.15) is 10.4 Å². The molecule has 2 heterocycles. The smallest absolute Gasteiger partial charge is 0.339 e. The van der Waals surface area contributed by atoms with Crippen molar-refractivity contribution in [1.29, 1.82) is 0 Å². The Morgan fingerprint density at radius 1 is 1.38 bits per heavy atom. The van der Waals surface area contributed by atoms with Gasteiger partial charge >= 0.3 is 5.97 Å². The molecule has 1 aliphatic rings. The largest absolute Gasteiger partial charge is 0.478 e. The second-order valence-electron chi connectivity index (χ2n) is 3.72. The molecule has 2 unspecified atom stereocenters. The molecule has 1 aromatic rings. The van der Waals surface area contributed by atoms with Gasteiger partial charge in [0.1, 0.15) is 11.4 Å². The van der Waals surface area contributed by atoms with Crippen molar-refractivity contribution in [3.8, 4) is 0 Å². The highest BCUT2D eigenvalue weighted by atomic mass is 16.4. The van der Waals surface area contributed by atoms with Crippen LogP contribution in [0.2, 0.25) is 0 Å². The van der Waals surface area contributed by atoms with Gasteiger partial charge in [0, 0.05) is 19.3 Å². The minimum absolute atomic E-state index is 0.0730. The summed E-state index contributed by atoms with van der Waals surface area (Å²) in [6.07, 6.45) is -0.230. The van der Waals surface area contributed by atoms with Gasteiger partial charge in [-0.1, -0.05) is 0 Å². The van der Waals surface area contributed by atoms with E-state index in [-0.39, 0.29) is 24.5 Å². The van der Waals surface area contributed by atoms with Crippen molar-refractivity contribution >= 4 is 11.8 Å². The van der Waals surface area contributed by atoms with Crippen molar-refractivity contribution in [1.82, 2.24) is 4.98 Å². The summed E-state index contributed by atoms with van der Waals surface area (Å²) in [6, 6.07) is 2.98. The van der Waals surface area contributed by atoms with E-state index in [9.17, 15) is 15.0 Å². The van der Waals surface area contributed by atoms with Gasteiger partial charge in [-0.3, -0.25) is 0 Å². The average Bonchev–Trinajstić information content (AvgIpc) is 2.59. The summed E-state index contributed by atoms with van der Waals surface area (Å²) in [5, 5.41) is 27.8. The summed E-state index contributed by atoms with van der Waals surface area (Å²) in [6.45, 7) is 0.386. The Labute approximate surface area is 91.8 Å². The third-order valence-electron chi connectivity index (χ3n) is 2.58. The molecule has 0 saturated carbocycles. The van der Waals surface area contributed by atoms with Gasteiger partial charge in [-0.2, -0.15) is 0 Å². The predicted octanol–water partition coefficient (Wildman–Crippen LogP) is -0.678. The Hall–Kier alpha value is -1.66. The topological polar surface area (TPSA) is 93.9 Å². The van der Waals surface area contributed by atoms with Crippen LogP contribution in [0.4, 0.5) is 5.82 Å². The van der Waals surface area contributed by atoms with Gasteiger partial charge in [-0.25, -0.2) is 9.78 Å². The Balaban J connectivity index is 2.31. The van der Waals surface area contributed by atoms with Crippen LogP contribution >= 0.6 is 0 Å². The number of carboxylic acids is 1. The monoisotopic (exact) mass is 224 g/mol. The van der Waals surface area contributed by atoms with E-state index in [1.807, 2.05) is 0 Å². The van der Waals surface area contributed by atoms with Gasteiger partial charge in [0.2, 0.25) is 0 Å². The SMILES string of the molecule is O=C(O)c1cccnc1N1CC(O)C(O)C1.